The third kappa shape index (κ3) is 1.99. The fourth-order valence-corrected chi connectivity index (χ4v) is 1.67. The van der Waals surface area contributed by atoms with E-state index in [-0.39, 0.29) is 12.6 Å². The lowest BCUT2D eigenvalue weighted by Gasteiger charge is -2.16. The predicted octanol–water partition coefficient (Wildman–Crippen LogP) is 0.944. The van der Waals surface area contributed by atoms with E-state index in [1.54, 1.807) is 0 Å². The molecule has 5 heteroatoms. The summed E-state index contributed by atoms with van der Waals surface area (Å²) in [7, 11) is 0. The molecule has 1 aliphatic heterocycles. The van der Waals surface area contributed by atoms with Crippen molar-refractivity contribution in [3.05, 3.63) is 35.4 Å². The Hall–Kier alpha value is -1.04. The minimum Gasteiger partial charge on any atom is -0.394 e. The van der Waals surface area contributed by atoms with E-state index in [1.807, 2.05) is 0 Å². The van der Waals surface area contributed by atoms with Gasteiger partial charge in [-0.3, -0.25) is 5.32 Å². The zero-order chi connectivity index (χ0) is 10.8. The first-order valence-electron chi connectivity index (χ1n) is 4.63. The second-order valence-corrected chi connectivity index (χ2v) is 3.39. The standard InChI is InChI=1S/C10H11F2NO2/c11-7-2-1-6(3-8(7)12)10-9(4-14)15-5-13-10/h1-3,9-10,13-14H,4-5H2/t9-,10-/m0/s1. The van der Waals surface area contributed by atoms with Gasteiger partial charge in [-0.1, -0.05) is 6.07 Å². The van der Waals surface area contributed by atoms with Gasteiger partial charge in [0.1, 0.15) is 6.10 Å². The topological polar surface area (TPSA) is 41.5 Å². The molecule has 1 fully saturated rings. The normalized spacial score (nSPS) is 25.8. The van der Waals surface area contributed by atoms with Crippen molar-refractivity contribution in [1.29, 1.82) is 0 Å². The summed E-state index contributed by atoms with van der Waals surface area (Å²) in [6, 6.07) is 3.38. The lowest BCUT2D eigenvalue weighted by atomic mass is 10.0. The van der Waals surface area contributed by atoms with Crippen LogP contribution in [0.5, 0.6) is 0 Å². The molecule has 15 heavy (non-hydrogen) atoms. The van der Waals surface area contributed by atoms with Crippen LogP contribution in [0, 0.1) is 11.6 Å². The number of ether oxygens (including phenoxy) is 1. The summed E-state index contributed by atoms with van der Waals surface area (Å²) in [5, 5.41) is 11.9. The summed E-state index contributed by atoms with van der Waals surface area (Å²) in [6.45, 7) is 0.144. The smallest absolute Gasteiger partial charge is 0.159 e. The quantitative estimate of drug-likeness (QED) is 0.771. The number of hydrogen-bond acceptors (Lipinski definition) is 3. The first-order valence-corrected chi connectivity index (χ1v) is 4.63. The number of halogens is 2. The van der Waals surface area contributed by atoms with Crippen LogP contribution in [0.15, 0.2) is 18.2 Å². The van der Waals surface area contributed by atoms with Gasteiger partial charge < -0.3 is 9.84 Å². The van der Waals surface area contributed by atoms with E-state index in [9.17, 15) is 8.78 Å². The molecule has 0 saturated carbocycles. The largest absolute Gasteiger partial charge is 0.394 e. The van der Waals surface area contributed by atoms with Crippen LogP contribution in [-0.4, -0.2) is 24.5 Å². The number of hydrogen-bond donors (Lipinski definition) is 2. The molecule has 1 aromatic rings. The van der Waals surface area contributed by atoms with Crippen LogP contribution in [0.1, 0.15) is 11.6 Å². The van der Waals surface area contributed by atoms with Gasteiger partial charge in [0.05, 0.1) is 19.4 Å². The van der Waals surface area contributed by atoms with Crippen LogP contribution in [0.4, 0.5) is 8.78 Å². The maximum Gasteiger partial charge on any atom is 0.159 e. The SMILES string of the molecule is OC[C@@H]1OCN[C@H]1c1ccc(F)c(F)c1. The molecule has 1 heterocycles. The number of aliphatic hydroxyl groups is 1. The predicted molar refractivity (Wildman–Crippen MR) is 49.1 cm³/mol. The Morgan fingerprint density at radius 2 is 2.20 bits per heavy atom. The molecule has 0 unspecified atom stereocenters. The second kappa shape index (κ2) is 4.22. The lowest BCUT2D eigenvalue weighted by Crippen LogP contribution is -2.24. The molecule has 2 N–H and O–H groups in total. The average molecular weight is 215 g/mol. The molecule has 0 bridgehead atoms. The molecule has 2 rings (SSSR count). The van der Waals surface area contributed by atoms with E-state index in [1.165, 1.54) is 6.07 Å². The average Bonchev–Trinajstić information content (AvgIpc) is 2.70. The number of aliphatic hydroxyl groups excluding tert-OH is 1. The summed E-state index contributed by atoms with van der Waals surface area (Å²) in [5.41, 5.74) is 0.574. The third-order valence-electron chi connectivity index (χ3n) is 2.46. The Balaban J connectivity index is 2.25. The van der Waals surface area contributed by atoms with Crippen molar-refractivity contribution in [2.75, 3.05) is 13.3 Å². The molecule has 0 amide bonds. The van der Waals surface area contributed by atoms with E-state index in [2.05, 4.69) is 5.32 Å². The second-order valence-electron chi connectivity index (χ2n) is 3.39. The van der Waals surface area contributed by atoms with Gasteiger partial charge in [-0.25, -0.2) is 8.78 Å². The summed E-state index contributed by atoms with van der Waals surface area (Å²) in [5.74, 6) is -1.77. The molecule has 2 atom stereocenters. The zero-order valence-corrected chi connectivity index (χ0v) is 7.91. The van der Waals surface area contributed by atoms with E-state index >= 15 is 0 Å². The van der Waals surface area contributed by atoms with Gasteiger partial charge in [-0.2, -0.15) is 0 Å². The Morgan fingerprint density at radius 1 is 1.40 bits per heavy atom. The minimum atomic E-state index is -0.891. The maximum absolute atomic E-state index is 13.0. The van der Waals surface area contributed by atoms with Crippen molar-refractivity contribution < 1.29 is 18.6 Å². The molecular formula is C10H11F2NO2. The number of nitrogens with one attached hydrogen (secondary N) is 1. The van der Waals surface area contributed by atoms with Crippen molar-refractivity contribution >= 4 is 0 Å². The highest BCUT2D eigenvalue weighted by Gasteiger charge is 2.28. The first kappa shape index (κ1) is 10.5. The molecule has 82 valence electrons. The minimum absolute atomic E-state index is 0.156. The Kier molecular flexibility index (Phi) is 2.95. The third-order valence-corrected chi connectivity index (χ3v) is 2.46. The summed E-state index contributed by atoms with van der Waals surface area (Å²) < 4.78 is 30.8. The van der Waals surface area contributed by atoms with Gasteiger partial charge in [0.2, 0.25) is 0 Å². The van der Waals surface area contributed by atoms with E-state index in [0.29, 0.717) is 12.3 Å². The van der Waals surface area contributed by atoms with Crippen molar-refractivity contribution in [2.24, 2.45) is 0 Å². The molecule has 3 nitrogen and oxygen atoms in total. The lowest BCUT2D eigenvalue weighted by molar-refractivity contribution is 0.0515. The molecule has 0 radical (unpaired) electrons. The molecule has 0 aliphatic carbocycles. The molecular weight excluding hydrogens is 204 g/mol. The Morgan fingerprint density at radius 3 is 2.87 bits per heavy atom. The number of rotatable bonds is 2. The summed E-state index contributed by atoms with van der Waals surface area (Å²) in [6.07, 6.45) is -0.408. The Labute approximate surface area is 85.7 Å². The highest BCUT2D eigenvalue weighted by atomic mass is 19.2. The van der Waals surface area contributed by atoms with Crippen molar-refractivity contribution in [2.45, 2.75) is 12.1 Å². The van der Waals surface area contributed by atoms with Gasteiger partial charge in [0.15, 0.2) is 11.6 Å². The van der Waals surface area contributed by atoms with Crippen molar-refractivity contribution in [3.63, 3.8) is 0 Å². The first-order chi connectivity index (χ1) is 7.22. The van der Waals surface area contributed by atoms with Crippen LogP contribution in [-0.2, 0) is 4.74 Å². The van der Waals surface area contributed by atoms with Gasteiger partial charge in [0, 0.05) is 0 Å². The fraction of sp³-hybridized carbons (Fsp3) is 0.400. The van der Waals surface area contributed by atoms with Gasteiger partial charge in [0.25, 0.3) is 0 Å². The van der Waals surface area contributed by atoms with Gasteiger partial charge in [-0.15, -0.1) is 0 Å². The van der Waals surface area contributed by atoms with Gasteiger partial charge in [-0.05, 0) is 17.7 Å². The van der Waals surface area contributed by atoms with Crippen molar-refractivity contribution in [3.8, 4) is 0 Å². The van der Waals surface area contributed by atoms with Crippen LogP contribution in [0.3, 0.4) is 0 Å². The summed E-state index contributed by atoms with van der Waals surface area (Å²) >= 11 is 0. The monoisotopic (exact) mass is 215 g/mol. The number of benzene rings is 1. The van der Waals surface area contributed by atoms with Crippen LogP contribution in [0.25, 0.3) is 0 Å². The molecule has 0 spiro atoms. The van der Waals surface area contributed by atoms with Gasteiger partial charge >= 0.3 is 0 Å². The fourth-order valence-electron chi connectivity index (χ4n) is 1.67. The molecule has 1 saturated heterocycles. The Bertz CT molecular complexity index is 359. The zero-order valence-electron chi connectivity index (χ0n) is 7.91. The van der Waals surface area contributed by atoms with E-state index in [4.69, 9.17) is 9.84 Å². The summed E-state index contributed by atoms with van der Waals surface area (Å²) in [4.78, 5) is 0. The molecule has 0 aromatic heterocycles. The van der Waals surface area contributed by atoms with E-state index < -0.39 is 17.7 Å². The van der Waals surface area contributed by atoms with Crippen LogP contribution in [0.2, 0.25) is 0 Å². The molecule has 1 aromatic carbocycles. The van der Waals surface area contributed by atoms with Crippen LogP contribution >= 0.6 is 0 Å². The maximum atomic E-state index is 13.0. The highest BCUT2D eigenvalue weighted by Crippen LogP contribution is 2.24. The van der Waals surface area contributed by atoms with Crippen molar-refractivity contribution in [1.82, 2.24) is 5.32 Å². The highest BCUT2D eigenvalue weighted by molar-refractivity contribution is 5.23. The van der Waals surface area contributed by atoms with E-state index in [0.717, 1.165) is 12.1 Å². The van der Waals surface area contributed by atoms with Crippen LogP contribution < -0.4 is 5.32 Å². The molecule has 1 aliphatic rings.